The Morgan fingerprint density at radius 1 is 0.833 bits per heavy atom. The van der Waals surface area contributed by atoms with Crippen LogP contribution in [0.4, 0.5) is 0 Å². The van der Waals surface area contributed by atoms with Gasteiger partial charge in [-0.2, -0.15) is 16.8 Å². The minimum atomic E-state index is -3.64. The van der Waals surface area contributed by atoms with Crippen LogP contribution in [0.5, 0.6) is 0 Å². The molecule has 18 heavy (non-hydrogen) atoms. The molecule has 0 aliphatic heterocycles. The first-order valence-corrected chi connectivity index (χ1v) is 9.22. The summed E-state index contributed by atoms with van der Waals surface area (Å²) in [5.41, 5.74) is 0. The van der Waals surface area contributed by atoms with Gasteiger partial charge < -0.3 is 0 Å². The number of hydrogen-bond acceptors (Lipinski definition) is 6. The minimum Gasteiger partial charge on any atom is -0.264 e. The van der Waals surface area contributed by atoms with Crippen LogP contribution in [0.2, 0.25) is 0 Å². The molecular weight excluding hydrogens is 280 g/mol. The van der Waals surface area contributed by atoms with Crippen molar-refractivity contribution < 1.29 is 25.2 Å². The van der Waals surface area contributed by atoms with Crippen molar-refractivity contribution in [1.82, 2.24) is 0 Å². The van der Waals surface area contributed by atoms with Gasteiger partial charge in [-0.05, 0) is 25.7 Å². The average Bonchev–Trinajstić information content (AvgIpc) is 2.12. The fourth-order valence-corrected chi connectivity index (χ4v) is 3.14. The second-order valence-corrected chi connectivity index (χ2v) is 7.51. The molecule has 0 unspecified atom stereocenters. The molecule has 0 aromatic rings. The largest absolute Gasteiger partial charge is 0.264 e. The molecule has 8 heteroatoms. The summed E-state index contributed by atoms with van der Waals surface area (Å²) < 4.78 is 54.5. The second-order valence-electron chi connectivity index (χ2n) is 4.30. The van der Waals surface area contributed by atoms with E-state index in [1.807, 2.05) is 12.2 Å². The molecule has 0 amide bonds. The highest BCUT2D eigenvalue weighted by atomic mass is 32.2. The summed E-state index contributed by atoms with van der Waals surface area (Å²) >= 11 is 0. The lowest BCUT2D eigenvalue weighted by atomic mass is 10.0. The molecular formula is C10H18O6S2. The highest BCUT2D eigenvalue weighted by Crippen LogP contribution is 2.22. The quantitative estimate of drug-likeness (QED) is 0.564. The lowest BCUT2D eigenvalue weighted by Gasteiger charge is -2.25. The molecule has 0 bridgehead atoms. The van der Waals surface area contributed by atoms with Crippen molar-refractivity contribution in [3.8, 4) is 0 Å². The maximum atomic E-state index is 11.2. The summed E-state index contributed by atoms with van der Waals surface area (Å²) in [4.78, 5) is 0. The molecule has 0 spiro atoms. The average molecular weight is 298 g/mol. The molecule has 0 heterocycles. The SMILES string of the molecule is CS(=O)(=O)O[C@H]1CC/C=C/CC[C@H]1OS(C)(=O)=O. The fourth-order valence-electron chi connectivity index (χ4n) is 1.80. The van der Waals surface area contributed by atoms with E-state index in [1.165, 1.54) is 0 Å². The number of hydrogen-bond donors (Lipinski definition) is 0. The van der Waals surface area contributed by atoms with Crippen LogP contribution >= 0.6 is 0 Å². The van der Waals surface area contributed by atoms with Gasteiger partial charge in [0.1, 0.15) is 12.2 Å². The molecule has 106 valence electrons. The van der Waals surface area contributed by atoms with E-state index in [9.17, 15) is 16.8 Å². The van der Waals surface area contributed by atoms with E-state index >= 15 is 0 Å². The first-order valence-electron chi connectivity index (χ1n) is 5.59. The van der Waals surface area contributed by atoms with Crippen molar-refractivity contribution in [3.63, 3.8) is 0 Å². The Bertz CT molecular complexity index is 444. The molecule has 0 aromatic carbocycles. The molecule has 1 aliphatic rings. The van der Waals surface area contributed by atoms with Gasteiger partial charge in [-0.3, -0.25) is 8.37 Å². The Hall–Kier alpha value is -0.440. The van der Waals surface area contributed by atoms with Gasteiger partial charge in [-0.25, -0.2) is 0 Å². The molecule has 0 saturated carbocycles. The lowest BCUT2D eigenvalue weighted by Crippen LogP contribution is -2.35. The topological polar surface area (TPSA) is 86.7 Å². The van der Waals surface area contributed by atoms with E-state index < -0.39 is 32.4 Å². The first-order chi connectivity index (χ1) is 8.17. The summed E-state index contributed by atoms with van der Waals surface area (Å²) in [6.07, 6.45) is 6.28. The van der Waals surface area contributed by atoms with Gasteiger partial charge in [0.05, 0.1) is 12.5 Å². The molecule has 1 aliphatic carbocycles. The third-order valence-electron chi connectivity index (χ3n) is 2.41. The second kappa shape index (κ2) is 6.14. The van der Waals surface area contributed by atoms with Crippen LogP contribution in [0, 0.1) is 0 Å². The van der Waals surface area contributed by atoms with Crippen LogP contribution in [0.1, 0.15) is 25.7 Å². The maximum absolute atomic E-state index is 11.2. The molecule has 0 fully saturated rings. The van der Waals surface area contributed by atoms with Crippen molar-refractivity contribution in [2.45, 2.75) is 37.9 Å². The van der Waals surface area contributed by atoms with Crippen LogP contribution in [0.15, 0.2) is 12.2 Å². The van der Waals surface area contributed by atoms with Crippen molar-refractivity contribution in [2.24, 2.45) is 0 Å². The van der Waals surface area contributed by atoms with E-state index in [4.69, 9.17) is 8.37 Å². The lowest BCUT2D eigenvalue weighted by molar-refractivity contribution is 0.0529. The van der Waals surface area contributed by atoms with Crippen LogP contribution in [0.25, 0.3) is 0 Å². The zero-order valence-corrected chi connectivity index (χ0v) is 12.0. The van der Waals surface area contributed by atoms with E-state index in [0.717, 1.165) is 12.5 Å². The van der Waals surface area contributed by atoms with Gasteiger partial charge in [0.2, 0.25) is 0 Å². The summed E-state index contributed by atoms with van der Waals surface area (Å²) in [6, 6.07) is 0. The fraction of sp³-hybridized carbons (Fsp3) is 0.800. The van der Waals surface area contributed by atoms with E-state index in [0.29, 0.717) is 25.7 Å². The third-order valence-corrected chi connectivity index (χ3v) is 3.61. The zero-order chi connectivity index (χ0) is 13.8. The van der Waals surface area contributed by atoms with Gasteiger partial charge in [0.15, 0.2) is 0 Å². The van der Waals surface area contributed by atoms with Crippen LogP contribution < -0.4 is 0 Å². The van der Waals surface area contributed by atoms with Gasteiger partial charge >= 0.3 is 0 Å². The van der Waals surface area contributed by atoms with Crippen LogP contribution in [-0.2, 0) is 28.6 Å². The van der Waals surface area contributed by atoms with Crippen molar-refractivity contribution >= 4 is 20.2 Å². The smallest absolute Gasteiger partial charge is 0.264 e. The Kier molecular flexibility index (Phi) is 5.32. The van der Waals surface area contributed by atoms with Crippen molar-refractivity contribution in [2.75, 3.05) is 12.5 Å². The predicted octanol–water partition coefficient (Wildman–Crippen LogP) is 0.806. The zero-order valence-electron chi connectivity index (χ0n) is 10.4. The maximum Gasteiger partial charge on any atom is 0.264 e. The van der Waals surface area contributed by atoms with Crippen LogP contribution in [0.3, 0.4) is 0 Å². The van der Waals surface area contributed by atoms with Crippen molar-refractivity contribution in [3.05, 3.63) is 12.2 Å². The Morgan fingerprint density at radius 3 is 1.44 bits per heavy atom. The molecule has 1 rings (SSSR count). The summed E-state index contributed by atoms with van der Waals surface area (Å²) in [6.45, 7) is 0. The van der Waals surface area contributed by atoms with Gasteiger partial charge in [0.25, 0.3) is 20.2 Å². The van der Waals surface area contributed by atoms with Gasteiger partial charge in [0, 0.05) is 0 Å². The van der Waals surface area contributed by atoms with Gasteiger partial charge in [-0.1, -0.05) is 12.2 Å². The monoisotopic (exact) mass is 298 g/mol. The molecule has 0 N–H and O–H groups in total. The predicted molar refractivity (Wildman–Crippen MR) is 67.0 cm³/mol. The van der Waals surface area contributed by atoms with Gasteiger partial charge in [-0.15, -0.1) is 0 Å². The molecule has 0 saturated heterocycles. The Balaban J connectivity index is 2.86. The normalized spacial score (nSPS) is 28.3. The van der Waals surface area contributed by atoms with E-state index in [-0.39, 0.29) is 0 Å². The molecule has 0 aromatic heterocycles. The van der Waals surface area contributed by atoms with Crippen molar-refractivity contribution in [1.29, 1.82) is 0 Å². The Labute approximate surface area is 108 Å². The highest BCUT2D eigenvalue weighted by molar-refractivity contribution is 7.86. The summed E-state index contributed by atoms with van der Waals surface area (Å²) in [5, 5.41) is 0. The van der Waals surface area contributed by atoms with E-state index in [2.05, 4.69) is 0 Å². The molecule has 2 atom stereocenters. The third kappa shape index (κ3) is 6.48. The standard InChI is InChI=1S/C10H18O6S2/c1-17(11,12)15-9-7-5-3-4-6-8-10(9)16-18(2,13)14/h3-4,9-10H,5-8H2,1-2H3/b4-3+/t9-,10+. The number of rotatable bonds is 4. The first kappa shape index (κ1) is 15.6. The summed E-state index contributed by atoms with van der Waals surface area (Å²) in [7, 11) is -7.28. The number of allylic oxidation sites excluding steroid dienone is 2. The van der Waals surface area contributed by atoms with E-state index in [1.54, 1.807) is 0 Å². The summed E-state index contributed by atoms with van der Waals surface area (Å²) in [5.74, 6) is 0. The Morgan fingerprint density at radius 2 is 1.17 bits per heavy atom. The highest BCUT2D eigenvalue weighted by Gasteiger charge is 2.29. The molecule has 6 nitrogen and oxygen atoms in total. The van der Waals surface area contributed by atoms with Crippen LogP contribution in [-0.4, -0.2) is 41.6 Å². The minimum absolute atomic E-state index is 0.407. The molecule has 0 radical (unpaired) electrons.